The van der Waals surface area contributed by atoms with Crippen LogP contribution in [0.15, 0.2) is 0 Å². The van der Waals surface area contributed by atoms with E-state index in [1.807, 2.05) is 0 Å². The quantitative estimate of drug-likeness (QED) is 0.678. The van der Waals surface area contributed by atoms with Crippen LogP contribution in [0.2, 0.25) is 0 Å². The van der Waals surface area contributed by atoms with Crippen molar-refractivity contribution in [2.24, 2.45) is 11.7 Å². The minimum atomic E-state index is 0.406. The number of ether oxygens (including phenoxy) is 1. The van der Waals surface area contributed by atoms with Gasteiger partial charge in [0.15, 0.2) is 0 Å². The Labute approximate surface area is 86.6 Å². The Bertz CT molecular complexity index is 198. The van der Waals surface area contributed by atoms with Crippen molar-refractivity contribution in [1.29, 1.82) is 0 Å². The molecule has 3 nitrogen and oxygen atoms in total. The highest BCUT2D eigenvalue weighted by Gasteiger charge is 2.33. The minimum Gasteiger partial charge on any atom is -0.377 e. The molecular formula is C11H22N2O. The zero-order valence-electron chi connectivity index (χ0n) is 9.28. The molecule has 2 aliphatic heterocycles. The Morgan fingerprint density at radius 1 is 1.29 bits per heavy atom. The van der Waals surface area contributed by atoms with Gasteiger partial charge in [-0.25, -0.2) is 0 Å². The largest absolute Gasteiger partial charge is 0.377 e. The van der Waals surface area contributed by atoms with Crippen LogP contribution in [0.4, 0.5) is 0 Å². The molecule has 0 radical (unpaired) electrons. The van der Waals surface area contributed by atoms with Crippen molar-refractivity contribution >= 4 is 0 Å². The molecule has 82 valence electrons. The monoisotopic (exact) mass is 198 g/mol. The van der Waals surface area contributed by atoms with Crippen LogP contribution in [-0.4, -0.2) is 42.8 Å². The van der Waals surface area contributed by atoms with Crippen molar-refractivity contribution in [3.63, 3.8) is 0 Å². The normalized spacial score (nSPS) is 45.6. The molecule has 0 spiro atoms. The van der Waals surface area contributed by atoms with E-state index in [1.165, 1.54) is 6.42 Å². The van der Waals surface area contributed by atoms with Crippen molar-refractivity contribution < 1.29 is 4.74 Å². The molecule has 0 bridgehead atoms. The third kappa shape index (κ3) is 1.95. The molecule has 14 heavy (non-hydrogen) atoms. The number of nitrogens with zero attached hydrogens (tertiary/aromatic N) is 1. The summed E-state index contributed by atoms with van der Waals surface area (Å²) in [4.78, 5) is 2.58. The summed E-state index contributed by atoms with van der Waals surface area (Å²) >= 11 is 0. The number of hydrogen-bond acceptors (Lipinski definition) is 3. The maximum atomic E-state index is 6.02. The van der Waals surface area contributed by atoms with Gasteiger partial charge in [0, 0.05) is 31.8 Å². The number of piperidine rings is 1. The minimum absolute atomic E-state index is 0.406. The van der Waals surface area contributed by atoms with Crippen molar-refractivity contribution in [3.8, 4) is 0 Å². The lowest BCUT2D eigenvalue weighted by molar-refractivity contribution is 0.0507. The maximum absolute atomic E-state index is 6.02. The standard InChI is InChI=1S/C11H22N2O/c1-8-7-13(5-3-10(8)12)11-4-6-14-9(11)2/h8-11H,3-7,12H2,1-2H3. The van der Waals surface area contributed by atoms with Crippen LogP contribution < -0.4 is 5.73 Å². The summed E-state index contributed by atoms with van der Waals surface area (Å²) in [6.07, 6.45) is 2.75. The summed E-state index contributed by atoms with van der Waals surface area (Å²) in [6.45, 7) is 7.69. The van der Waals surface area contributed by atoms with Crippen LogP contribution in [0.3, 0.4) is 0 Å². The van der Waals surface area contributed by atoms with E-state index in [0.717, 1.165) is 26.1 Å². The first kappa shape index (κ1) is 10.4. The van der Waals surface area contributed by atoms with Crippen molar-refractivity contribution in [1.82, 2.24) is 4.90 Å². The van der Waals surface area contributed by atoms with Gasteiger partial charge in [0.05, 0.1) is 6.10 Å². The summed E-state index contributed by atoms with van der Waals surface area (Å²) in [5.74, 6) is 0.636. The predicted molar refractivity (Wildman–Crippen MR) is 57.1 cm³/mol. The van der Waals surface area contributed by atoms with Gasteiger partial charge in [-0.1, -0.05) is 6.92 Å². The number of likely N-dealkylation sites (tertiary alicyclic amines) is 1. The van der Waals surface area contributed by atoms with Crippen LogP contribution >= 0.6 is 0 Å². The van der Waals surface area contributed by atoms with Gasteiger partial charge in [0.2, 0.25) is 0 Å². The van der Waals surface area contributed by atoms with E-state index in [4.69, 9.17) is 10.5 Å². The van der Waals surface area contributed by atoms with Crippen molar-refractivity contribution in [2.45, 2.75) is 44.9 Å². The molecular weight excluding hydrogens is 176 g/mol. The Balaban J connectivity index is 1.92. The zero-order valence-corrected chi connectivity index (χ0v) is 9.28. The second-order valence-corrected chi connectivity index (χ2v) is 4.86. The molecule has 2 aliphatic rings. The fourth-order valence-electron chi connectivity index (χ4n) is 2.70. The van der Waals surface area contributed by atoms with Crippen LogP contribution in [-0.2, 0) is 4.74 Å². The number of rotatable bonds is 1. The topological polar surface area (TPSA) is 38.5 Å². The van der Waals surface area contributed by atoms with Gasteiger partial charge >= 0.3 is 0 Å². The highest BCUT2D eigenvalue weighted by atomic mass is 16.5. The summed E-state index contributed by atoms with van der Waals surface area (Å²) in [6, 6.07) is 1.05. The molecule has 4 atom stereocenters. The lowest BCUT2D eigenvalue weighted by Gasteiger charge is -2.39. The molecule has 4 unspecified atom stereocenters. The Kier molecular flexibility index (Phi) is 3.10. The van der Waals surface area contributed by atoms with Crippen LogP contribution in [0, 0.1) is 5.92 Å². The third-order valence-electron chi connectivity index (χ3n) is 3.81. The highest BCUT2D eigenvalue weighted by molar-refractivity contribution is 4.88. The molecule has 0 saturated carbocycles. The maximum Gasteiger partial charge on any atom is 0.0703 e. The van der Waals surface area contributed by atoms with Crippen LogP contribution in [0.5, 0.6) is 0 Å². The molecule has 2 saturated heterocycles. The van der Waals surface area contributed by atoms with Gasteiger partial charge in [0.25, 0.3) is 0 Å². The molecule has 0 aromatic rings. The van der Waals surface area contributed by atoms with Gasteiger partial charge < -0.3 is 10.5 Å². The summed E-state index contributed by atoms with van der Waals surface area (Å²) in [7, 11) is 0. The lowest BCUT2D eigenvalue weighted by Crippen LogP contribution is -2.51. The van der Waals surface area contributed by atoms with E-state index in [1.54, 1.807) is 0 Å². The Morgan fingerprint density at radius 3 is 2.64 bits per heavy atom. The fourth-order valence-corrected chi connectivity index (χ4v) is 2.70. The first-order valence-corrected chi connectivity index (χ1v) is 5.79. The summed E-state index contributed by atoms with van der Waals surface area (Å²) in [5, 5.41) is 0. The molecule has 0 amide bonds. The van der Waals surface area contributed by atoms with Gasteiger partial charge in [-0.2, -0.15) is 0 Å². The Hall–Kier alpha value is -0.120. The van der Waals surface area contributed by atoms with E-state index in [9.17, 15) is 0 Å². The molecule has 0 aromatic carbocycles. The van der Waals surface area contributed by atoms with E-state index >= 15 is 0 Å². The predicted octanol–water partition coefficient (Wildman–Crippen LogP) is 0.833. The average Bonchev–Trinajstić information content (AvgIpc) is 2.57. The second kappa shape index (κ2) is 4.17. The first-order valence-electron chi connectivity index (χ1n) is 5.79. The van der Waals surface area contributed by atoms with E-state index in [-0.39, 0.29) is 0 Å². The SMILES string of the molecule is CC1CN(C2CCOC2C)CCC1N. The molecule has 3 heteroatoms. The van der Waals surface area contributed by atoms with Crippen molar-refractivity contribution in [2.75, 3.05) is 19.7 Å². The fraction of sp³-hybridized carbons (Fsp3) is 1.00. The molecule has 2 heterocycles. The van der Waals surface area contributed by atoms with Crippen LogP contribution in [0.1, 0.15) is 26.7 Å². The van der Waals surface area contributed by atoms with Crippen molar-refractivity contribution in [3.05, 3.63) is 0 Å². The zero-order chi connectivity index (χ0) is 10.1. The average molecular weight is 198 g/mol. The summed E-state index contributed by atoms with van der Waals surface area (Å²) in [5.41, 5.74) is 6.02. The summed E-state index contributed by atoms with van der Waals surface area (Å²) < 4.78 is 5.61. The molecule has 2 fully saturated rings. The van der Waals surface area contributed by atoms with Gasteiger partial charge in [-0.05, 0) is 25.7 Å². The van der Waals surface area contributed by atoms with Gasteiger partial charge in [-0.15, -0.1) is 0 Å². The van der Waals surface area contributed by atoms with E-state index in [2.05, 4.69) is 18.7 Å². The van der Waals surface area contributed by atoms with E-state index in [0.29, 0.717) is 24.1 Å². The van der Waals surface area contributed by atoms with Gasteiger partial charge in [0.1, 0.15) is 0 Å². The van der Waals surface area contributed by atoms with E-state index < -0.39 is 0 Å². The van der Waals surface area contributed by atoms with Crippen LogP contribution in [0.25, 0.3) is 0 Å². The third-order valence-corrected chi connectivity index (χ3v) is 3.81. The molecule has 0 aromatic heterocycles. The molecule has 2 N–H and O–H groups in total. The number of hydrogen-bond donors (Lipinski definition) is 1. The first-order chi connectivity index (χ1) is 6.68. The van der Waals surface area contributed by atoms with Gasteiger partial charge in [-0.3, -0.25) is 4.90 Å². The molecule has 0 aliphatic carbocycles. The number of nitrogens with two attached hydrogens (primary N) is 1. The molecule has 2 rings (SSSR count). The highest BCUT2D eigenvalue weighted by Crippen LogP contribution is 2.24. The second-order valence-electron chi connectivity index (χ2n) is 4.86. The smallest absolute Gasteiger partial charge is 0.0703 e. The Morgan fingerprint density at radius 2 is 2.07 bits per heavy atom. The lowest BCUT2D eigenvalue weighted by atomic mass is 9.93.